The summed E-state index contributed by atoms with van der Waals surface area (Å²) in [4.78, 5) is 37.9. The molecule has 3 N–H and O–H groups in total. The number of nitrogens with zero attached hydrogens (tertiary/aromatic N) is 1. The molecule has 0 aliphatic rings. The molecule has 204 valence electrons. The lowest BCUT2D eigenvalue weighted by Gasteiger charge is -2.24. The van der Waals surface area contributed by atoms with Gasteiger partial charge in [-0.05, 0) is 62.3 Å². The lowest BCUT2D eigenvalue weighted by atomic mass is 9.98. The molecule has 1 aromatic heterocycles. The number of alkyl halides is 3. The minimum atomic E-state index is -4.62. The van der Waals surface area contributed by atoms with Gasteiger partial charge in [0.15, 0.2) is 5.75 Å². The first-order valence-corrected chi connectivity index (χ1v) is 12.3. The molecule has 0 aliphatic heterocycles. The molecule has 3 aromatic rings. The van der Waals surface area contributed by atoms with Gasteiger partial charge in [-0.1, -0.05) is 12.1 Å². The number of benzene rings is 1. The van der Waals surface area contributed by atoms with Crippen LogP contribution in [0, 0.1) is 6.92 Å². The number of carbonyl (C=O) groups is 1. The number of anilines is 3. The minimum Gasteiger partial charge on any atom is -0.505 e. The SMILES string of the molecule is C/C=C(/CCCS)[C@@H](Nc1c(Nc2cccc(C(=O)N(C)CC(F)(F)F)c2O)c(=O)c1=O)c1ccc(C)o1. The van der Waals surface area contributed by atoms with Gasteiger partial charge in [0.2, 0.25) is 0 Å². The molecule has 2 aromatic carbocycles. The van der Waals surface area contributed by atoms with Crippen LogP contribution in [0.25, 0.3) is 0 Å². The molecular formula is C26H28F3N3O5S. The Hall–Kier alpha value is -3.67. The molecule has 1 amide bonds. The van der Waals surface area contributed by atoms with Gasteiger partial charge in [0, 0.05) is 7.05 Å². The Morgan fingerprint density at radius 1 is 1.18 bits per heavy atom. The summed E-state index contributed by atoms with van der Waals surface area (Å²) in [5.74, 6) is 0.0907. The van der Waals surface area contributed by atoms with E-state index >= 15 is 0 Å². The quantitative estimate of drug-likeness (QED) is 0.114. The summed E-state index contributed by atoms with van der Waals surface area (Å²) in [7, 11) is 0.955. The number of allylic oxidation sites excluding steroid dienone is 1. The average molecular weight is 552 g/mol. The molecule has 8 nitrogen and oxygen atoms in total. The maximum atomic E-state index is 12.7. The summed E-state index contributed by atoms with van der Waals surface area (Å²) in [5.41, 5.74) is -1.48. The van der Waals surface area contributed by atoms with E-state index in [-0.39, 0.29) is 17.1 Å². The van der Waals surface area contributed by atoms with E-state index < -0.39 is 46.8 Å². The van der Waals surface area contributed by atoms with Gasteiger partial charge < -0.3 is 25.1 Å². The Morgan fingerprint density at radius 3 is 2.45 bits per heavy atom. The van der Waals surface area contributed by atoms with Gasteiger partial charge >= 0.3 is 6.18 Å². The van der Waals surface area contributed by atoms with Gasteiger partial charge in [-0.25, -0.2) is 0 Å². The van der Waals surface area contributed by atoms with E-state index in [1.54, 1.807) is 19.1 Å². The summed E-state index contributed by atoms with van der Waals surface area (Å²) in [6.45, 7) is 2.11. The molecule has 0 aliphatic carbocycles. The van der Waals surface area contributed by atoms with Crippen LogP contribution in [-0.4, -0.2) is 41.4 Å². The van der Waals surface area contributed by atoms with Crippen molar-refractivity contribution >= 4 is 35.6 Å². The Bertz CT molecular complexity index is 1410. The number of para-hydroxylation sites is 1. The van der Waals surface area contributed by atoms with Crippen LogP contribution in [0.2, 0.25) is 0 Å². The van der Waals surface area contributed by atoms with Crippen molar-refractivity contribution in [3.63, 3.8) is 0 Å². The Morgan fingerprint density at radius 2 is 1.87 bits per heavy atom. The molecule has 12 heteroatoms. The zero-order valence-corrected chi connectivity index (χ0v) is 21.9. The number of aromatic hydroxyl groups is 1. The number of carbonyl (C=O) groups excluding carboxylic acids is 1. The first kappa shape index (κ1) is 28.9. The first-order valence-electron chi connectivity index (χ1n) is 11.7. The van der Waals surface area contributed by atoms with Crippen LogP contribution < -0.4 is 21.5 Å². The van der Waals surface area contributed by atoms with Gasteiger partial charge in [-0.2, -0.15) is 25.8 Å². The number of thiol groups is 1. The van der Waals surface area contributed by atoms with Crippen LogP contribution >= 0.6 is 12.6 Å². The van der Waals surface area contributed by atoms with Crippen molar-refractivity contribution in [3.8, 4) is 5.75 Å². The first-order chi connectivity index (χ1) is 17.9. The Labute approximate surface area is 222 Å². The third-order valence-corrected chi connectivity index (χ3v) is 6.22. The summed E-state index contributed by atoms with van der Waals surface area (Å²) >= 11 is 4.26. The fraction of sp³-hybridized carbons (Fsp3) is 0.346. The number of hydrogen-bond donors (Lipinski definition) is 4. The largest absolute Gasteiger partial charge is 0.505 e. The minimum absolute atomic E-state index is 0.0513. The standard InChI is InChI=1S/C26H28F3N3O5S/c1-4-15(7-6-12-38)19(18-11-10-14(2)37-18)31-21-20(23(34)24(21)35)30-17-9-5-8-16(22(17)33)25(36)32(3)13-26(27,28)29/h4-5,8-11,19,30-31,33,38H,6-7,12-13H2,1-3H3/b15-4-/t19-/m1/s1. The number of hydrogen-bond acceptors (Lipinski definition) is 8. The molecule has 0 radical (unpaired) electrons. The molecule has 1 atom stereocenters. The number of nitrogens with one attached hydrogen (secondary N) is 2. The maximum absolute atomic E-state index is 12.7. The monoisotopic (exact) mass is 551 g/mol. The fourth-order valence-corrected chi connectivity index (χ4v) is 4.14. The second-order valence-electron chi connectivity index (χ2n) is 8.73. The number of amides is 1. The molecule has 0 spiro atoms. The van der Waals surface area contributed by atoms with E-state index in [4.69, 9.17) is 4.42 Å². The lowest BCUT2D eigenvalue weighted by molar-refractivity contribution is -0.138. The van der Waals surface area contributed by atoms with Crippen LogP contribution in [-0.2, 0) is 0 Å². The van der Waals surface area contributed by atoms with Crippen molar-refractivity contribution in [2.45, 2.75) is 38.9 Å². The smallest absolute Gasteiger partial charge is 0.406 e. The van der Waals surface area contributed by atoms with Gasteiger partial charge in [-0.3, -0.25) is 14.4 Å². The maximum Gasteiger partial charge on any atom is 0.406 e. The zero-order valence-electron chi connectivity index (χ0n) is 21.0. The van der Waals surface area contributed by atoms with E-state index in [2.05, 4.69) is 23.3 Å². The number of phenols is 1. The summed E-state index contributed by atoms with van der Waals surface area (Å²) in [6, 6.07) is 6.77. The van der Waals surface area contributed by atoms with Crippen LogP contribution in [0.3, 0.4) is 0 Å². The number of furan rings is 1. The van der Waals surface area contributed by atoms with Gasteiger partial charge in [0.25, 0.3) is 16.8 Å². The van der Waals surface area contributed by atoms with E-state index in [9.17, 15) is 32.7 Å². The molecule has 0 unspecified atom stereocenters. The molecule has 38 heavy (non-hydrogen) atoms. The molecule has 1 heterocycles. The Kier molecular flexibility index (Phi) is 8.97. The van der Waals surface area contributed by atoms with Gasteiger partial charge in [0.05, 0.1) is 11.3 Å². The van der Waals surface area contributed by atoms with Crippen molar-refractivity contribution < 1.29 is 27.5 Å². The zero-order chi connectivity index (χ0) is 28.2. The highest BCUT2D eigenvalue weighted by Gasteiger charge is 2.33. The lowest BCUT2D eigenvalue weighted by Crippen LogP contribution is -2.38. The topological polar surface area (TPSA) is 112 Å². The van der Waals surface area contributed by atoms with Gasteiger partial charge in [-0.15, -0.1) is 0 Å². The normalized spacial score (nSPS) is 13.0. The van der Waals surface area contributed by atoms with E-state index in [1.165, 1.54) is 12.1 Å². The van der Waals surface area contributed by atoms with Crippen LogP contribution in [0.1, 0.15) is 47.7 Å². The molecule has 0 fully saturated rings. The highest BCUT2D eigenvalue weighted by molar-refractivity contribution is 7.80. The van der Waals surface area contributed by atoms with Crippen molar-refractivity contribution in [2.24, 2.45) is 0 Å². The molecule has 0 bridgehead atoms. The van der Waals surface area contributed by atoms with E-state index in [0.29, 0.717) is 28.6 Å². The molecule has 0 saturated carbocycles. The van der Waals surface area contributed by atoms with Crippen molar-refractivity contribution in [1.29, 1.82) is 0 Å². The predicted octanol–water partition coefficient (Wildman–Crippen LogP) is 5.08. The fourth-order valence-electron chi connectivity index (χ4n) is 3.98. The Balaban J connectivity index is 1.93. The van der Waals surface area contributed by atoms with Crippen molar-refractivity contribution in [2.75, 3.05) is 30.0 Å². The highest BCUT2D eigenvalue weighted by atomic mass is 32.1. The third kappa shape index (κ3) is 6.42. The molecular weight excluding hydrogens is 523 g/mol. The number of halogens is 3. The van der Waals surface area contributed by atoms with E-state index in [0.717, 1.165) is 25.1 Å². The van der Waals surface area contributed by atoms with Gasteiger partial charge in [0.1, 0.15) is 35.5 Å². The van der Waals surface area contributed by atoms with Crippen molar-refractivity contribution in [1.82, 2.24) is 4.90 Å². The molecule has 3 rings (SSSR count). The highest BCUT2D eigenvalue weighted by Crippen LogP contribution is 2.35. The second kappa shape index (κ2) is 11.8. The van der Waals surface area contributed by atoms with Crippen molar-refractivity contribution in [3.05, 3.63) is 79.5 Å². The third-order valence-electron chi connectivity index (χ3n) is 5.90. The van der Waals surface area contributed by atoms with Crippen LogP contribution in [0.4, 0.5) is 30.2 Å². The molecule has 0 saturated heterocycles. The van der Waals surface area contributed by atoms with E-state index in [1.807, 2.05) is 13.0 Å². The second-order valence-corrected chi connectivity index (χ2v) is 9.18. The summed E-state index contributed by atoms with van der Waals surface area (Å²) in [6.07, 6.45) is -1.33. The number of rotatable bonds is 11. The predicted molar refractivity (Wildman–Crippen MR) is 142 cm³/mol. The summed E-state index contributed by atoms with van der Waals surface area (Å²) in [5, 5.41) is 16.4. The summed E-state index contributed by atoms with van der Waals surface area (Å²) < 4.78 is 44.0. The van der Waals surface area contributed by atoms with Crippen LogP contribution in [0.5, 0.6) is 5.75 Å². The number of phenolic OH excluding ortho intramolecular Hbond substituents is 1. The van der Waals surface area contributed by atoms with Crippen LogP contribution in [0.15, 0.2) is 56.0 Å². The number of aryl methyl sites for hydroxylation is 1. The average Bonchev–Trinajstić information content (AvgIpc) is 3.29.